The molecule has 0 spiro atoms. The van der Waals surface area contributed by atoms with Crippen molar-refractivity contribution in [3.8, 4) is 62.1 Å². The second-order valence-corrected chi connectivity index (χ2v) is 15.2. The van der Waals surface area contributed by atoms with Crippen LogP contribution < -0.4 is 0 Å². The maximum Gasteiger partial charge on any atom is 0.164 e. The summed E-state index contributed by atoms with van der Waals surface area (Å²) in [4.78, 5) is 15.1. The fourth-order valence-electron chi connectivity index (χ4n) is 8.89. The standard InChI is InChI=1S/C55H34N4O/c1-4-15-35(16-5-1)39-29-32-48-46(33-39)42-22-12-13-25-47(42)59(48)40-30-27-36(28-31-40)45-34-50-51(43-23-11-10-21-41(43)45)52-44(24-14-26-49(52)60-50)55-57-53(37-17-6-2-7-18-37)56-54(58-55)38-19-8-3-9-20-38/h1-34H. The lowest BCUT2D eigenvalue weighted by molar-refractivity contribution is 0.669. The van der Waals surface area contributed by atoms with Crippen LogP contribution >= 0.6 is 0 Å². The molecular formula is C55H34N4O. The van der Waals surface area contributed by atoms with Crippen LogP contribution in [-0.2, 0) is 0 Å². The average molecular weight is 767 g/mol. The molecule has 5 nitrogen and oxygen atoms in total. The second kappa shape index (κ2) is 13.8. The van der Waals surface area contributed by atoms with Gasteiger partial charge < -0.3 is 8.98 Å². The summed E-state index contributed by atoms with van der Waals surface area (Å²) in [5.74, 6) is 1.84. The smallest absolute Gasteiger partial charge is 0.164 e. The Morgan fingerprint density at radius 2 is 0.883 bits per heavy atom. The van der Waals surface area contributed by atoms with Crippen LogP contribution in [0.4, 0.5) is 0 Å². The zero-order valence-electron chi connectivity index (χ0n) is 32.3. The van der Waals surface area contributed by atoms with Gasteiger partial charge in [0.25, 0.3) is 0 Å². The number of benzene rings is 9. The summed E-state index contributed by atoms with van der Waals surface area (Å²) in [5.41, 5.74) is 12.5. The van der Waals surface area contributed by atoms with Gasteiger partial charge in [-0.05, 0) is 75.5 Å². The maximum absolute atomic E-state index is 6.76. The number of aromatic nitrogens is 4. The van der Waals surface area contributed by atoms with Gasteiger partial charge in [-0.25, -0.2) is 15.0 Å². The van der Waals surface area contributed by atoms with Crippen molar-refractivity contribution >= 4 is 54.5 Å². The number of nitrogens with zero attached hydrogens (tertiary/aromatic N) is 4. The average Bonchev–Trinajstić information content (AvgIpc) is 3.88. The van der Waals surface area contributed by atoms with Gasteiger partial charge in [0, 0.05) is 43.9 Å². The van der Waals surface area contributed by atoms with E-state index in [-0.39, 0.29) is 0 Å². The van der Waals surface area contributed by atoms with Crippen LogP contribution in [-0.4, -0.2) is 19.5 Å². The molecule has 0 bridgehead atoms. The highest BCUT2D eigenvalue weighted by Gasteiger charge is 2.21. The first kappa shape index (κ1) is 33.9. The molecule has 12 aromatic rings. The Morgan fingerprint density at radius 3 is 1.58 bits per heavy atom. The maximum atomic E-state index is 6.76. The quantitative estimate of drug-likeness (QED) is 0.169. The zero-order valence-corrected chi connectivity index (χ0v) is 32.3. The highest BCUT2D eigenvalue weighted by Crippen LogP contribution is 2.44. The first-order chi connectivity index (χ1) is 29.7. The van der Waals surface area contributed by atoms with E-state index in [9.17, 15) is 0 Å². The number of fused-ring (bicyclic) bond motifs is 8. The molecule has 0 aliphatic rings. The molecule has 0 unspecified atom stereocenters. The Hall–Kier alpha value is -8.15. The predicted molar refractivity (Wildman–Crippen MR) is 246 cm³/mol. The van der Waals surface area contributed by atoms with E-state index >= 15 is 0 Å². The third-order valence-electron chi connectivity index (χ3n) is 11.7. The minimum absolute atomic E-state index is 0.598. The summed E-state index contributed by atoms with van der Waals surface area (Å²) >= 11 is 0. The summed E-state index contributed by atoms with van der Waals surface area (Å²) in [6.45, 7) is 0. The molecule has 0 N–H and O–H groups in total. The zero-order chi connectivity index (χ0) is 39.6. The molecule has 3 aromatic heterocycles. The first-order valence-electron chi connectivity index (χ1n) is 20.2. The van der Waals surface area contributed by atoms with Gasteiger partial charge in [-0.2, -0.15) is 0 Å². The number of furan rings is 1. The van der Waals surface area contributed by atoms with E-state index in [1.807, 2.05) is 72.8 Å². The molecule has 0 atom stereocenters. The van der Waals surface area contributed by atoms with Crippen LogP contribution in [0.25, 0.3) is 117 Å². The van der Waals surface area contributed by atoms with Gasteiger partial charge in [0.1, 0.15) is 11.2 Å². The van der Waals surface area contributed by atoms with Crippen molar-refractivity contribution in [2.24, 2.45) is 0 Å². The Morgan fingerprint density at radius 1 is 0.317 bits per heavy atom. The molecule has 0 fully saturated rings. The third kappa shape index (κ3) is 5.52. The Labute approximate surface area is 345 Å². The van der Waals surface area contributed by atoms with E-state index in [0.29, 0.717) is 17.5 Å². The van der Waals surface area contributed by atoms with Gasteiger partial charge >= 0.3 is 0 Å². The highest BCUT2D eigenvalue weighted by atomic mass is 16.3. The van der Waals surface area contributed by atoms with E-state index in [4.69, 9.17) is 19.4 Å². The molecule has 280 valence electrons. The second-order valence-electron chi connectivity index (χ2n) is 15.2. The van der Waals surface area contributed by atoms with Gasteiger partial charge in [-0.1, -0.05) is 164 Å². The lowest BCUT2D eigenvalue weighted by atomic mass is 9.93. The summed E-state index contributed by atoms with van der Waals surface area (Å²) in [7, 11) is 0. The summed E-state index contributed by atoms with van der Waals surface area (Å²) in [5, 5.41) is 6.75. The molecule has 0 aliphatic carbocycles. The summed E-state index contributed by atoms with van der Waals surface area (Å²) < 4.78 is 9.13. The molecule has 0 aliphatic heterocycles. The number of para-hydroxylation sites is 1. The van der Waals surface area contributed by atoms with Crippen LogP contribution in [0.1, 0.15) is 0 Å². The van der Waals surface area contributed by atoms with Gasteiger partial charge in [0.15, 0.2) is 17.5 Å². The van der Waals surface area contributed by atoms with E-state index in [1.54, 1.807) is 0 Å². The van der Waals surface area contributed by atoms with Crippen molar-refractivity contribution in [3.63, 3.8) is 0 Å². The van der Waals surface area contributed by atoms with Crippen molar-refractivity contribution in [1.82, 2.24) is 19.5 Å². The van der Waals surface area contributed by atoms with Crippen LogP contribution in [0, 0.1) is 0 Å². The van der Waals surface area contributed by atoms with E-state index in [2.05, 4.69) is 138 Å². The van der Waals surface area contributed by atoms with Gasteiger partial charge in [0.2, 0.25) is 0 Å². The Balaban J connectivity index is 1.01. The van der Waals surface area contributed by atoms with Crippen LogP contribution in [0.5, 0.6) is 0 Å². The highest BCUT2D eigenvalue weighted by molar-refractivity contribution is 6.25. The van der Waals surface area contributed by atoms with Gasteiger partial charge in [0.05, 0.1) is 11.0 Å². The lowest BCUT2D eigenvalue weighted by Crippen LogP contribution is -2.00. The monoisotopic (exact) mass is 766 g/mol. The Kier molecular flexibility index (Phi) is 7.78. The number of hydrogen-bond acceptors (Lipinski definition) is 4. The van der Waals surface area contributed by atoms with Gasteiger partial charge in [-0.3, -0.25) is 0 Å². The molecule has 0 saturated carbocycles. The molecule has 12 rings (SSSR count). The van der Waals surface area contributed by atoms with Crippen molar-refractivity contribution < 1.29 is 4.42 Å². The number of hydrogen-bond donors (Lipinski definition) is 0. The minimum Gasteiger partial charge on any atom is -0.456 e. The SMILES string of the molecule is c1ccc(-c2ccc3c(c2)c2ccccc2n3-c2ccc(-c3cc4oc5cccc(-c6nc(-c7ccccc7)nc(-c7ccccc7)n6)c5c4c4ccccc34)cc2)cc1. The largest absolute Gasteiger partial charge is 0.456 e. The molecular weight excluding hydrogens is 733 g/mol. The predicted octanol–water partition coefficient (Wildman–Crippen LogP) is 14.4. The van der Waals surface area contributed by atoms with Gasteiger partial charge in [-0.15, -0.1) is 0 Å². The molecule has 0 amide bonds. The minimum atomic E-state index is 0.598. The number of rotatable bonds is 6. The molecule has 5 heteroatoms. The fraction of sp³-hybridized carbons (Fsp3) is 0. The summed E-state index contributed by atoms with van der Waals surface area (Å²) in [6, 6.07) is 72.2. The molecule has 0 radical (unpaired) electrons. The van der Waals surface area contributed by atoms with E-state index < -0.39 is 0 Å². The van der Waals surface area contributed by atoms with Crippen LogP contribution in [0.2, 0.25) is 0 Å². The fourth-order valence-corrected chi connectivity index (χ4v) is 8.89. The molecule has 60 heavy (non-hydrogen) atoms. The third-order valence-corrected chi connectivity index (χ3v) is 11.7. The van der Waals surface area contributed by atoms with Crippen LogP contribution in [0.3, 0.4) is 0 Å². The van der Waals surface area contributed by atoms with Crippen molar-refractivity contribution in [2.45, 2.75) is 0 Å². The van der Waals surface area contributed by atoms with E-state index in [0.717, 1.165) is 66.2 Å². The lowest BCUT2D eigenvalue weighted by Gasteiger charge is -2.12. The normalized spacial score (nSPS) is 11.7. The first-order valence-corrected chi connectivity index (χ1v) is 20.2. The van der Waals surface area contributed by atoms with Crippen molar-refractivity contribution in [2.75, 3.05) is 0 Å². The molecule has 0 saturated heterocycles. The molecule has 9 aromatic carbocycles. The van der Waals surface area contributed by atoms with Crippen molar-refractivity contribution in [1.29, 1.82) is 0 Å². The van der Waals surface area contributed by atoms with Crippen LogP contribution in [0.15, 0.2) is 211 Å². The topological polar surface area (TPSA) is 56.7 Å². The Bertz CT molecular complexity index is 3520. The van der Waals surface area contributed by atoms with E-state index in [1.165, 1.54) is 32.9 Å². The molecule has 3 heterocycles. The van der Waals surface area contributed by atoms with Crippen molar-refractivity contribution in [3.05, 3.63) is 206 Å². The summed E-state index contributed by atoms with van der Waals surface area (Å²) in [6.07, 6.45) is 0.